The predicted octanol–water partition coefficient (Wildman–Crippen LogP) is 2.96. The van der Waals surface area contributed by atoms with Gasteiger partial charge in [0.25, 0.3) is 0 Å². The number of benzene rings is 2. The van der Waals surface area contributed by atoms with Crippen LogP contribution >= 0.6 is 0 Å². The Morgan fingerprint density at radius 2 is 1.68 bits per heavy atom. The molecule has 0 radical (unpaired) electrons. The highest BCUT2D eigenvalue weighted by Crippen LogP contribution is 2.24. The third-order valence-electron chi connectivity index (χ3n) is 4.06. The minimum Gasteiger partial charge on any atom is -0.408 e. The summed E-state index contributed by atoms with van der Waals surface area (Å²) < 4.78 is 5.48. The topological polar surface area (TPSA) is 112 Å². The van der Waals surface area contributed by atoms with Gasteiger partial charge in [0.1, 0.15) is 0 Å². The van der Waals surface area contributed by atoms with Crippen LogP contribution in [0.4, 0.5) is 10.5 Å². The monoisotopic (exact) mass is 376 g/mol. The van der Waals surface area contributed by atoms with Crippen LogP contribution in [0.5, 0.6) is 5.75 Å². The number of amides is 2. The van der Waals surface area contributed by atoms with Crippen LogP contribution in [0.2, 0.25) is 0 Å². The van der Waals surface area contributed by atoms with Gasteiger partial charge in [-0.3, -0.25) is 14.7 Å². The van der Waals surface area contributed by atoms with Gasteiger partial charge in [-0.15, -0.1) is 0 Å². The molecule has 1 aromatic heterocycles. The van der Waals surface area contributed by atoms with E-state index in [1.807, 2.05) is 42.5 Å². The van der Waals surface area contributed by atoms with Crippen molar-refractivity contribution >= 4 is 17.7 Å². The van der Waals surface area contributed by atoms with Gasteiger partial charge in [-0.05, 0) is 35.4 Å². The van der Waals surface area contributed by atoms with Crippen LogP contribution in [0, 0.1) is 0 Å². The summed E-state index contributed by atoms with van der Waals surface area (Å²) in [5.41, 5.74) is 13.4. The summed E-state index contributed by atoms with van der Waals surface area (Å²) in [5, 5.41) is 0. The number of nitrogen functional groups attached to an aromatic ring is 1. The zero-order valence-corrected chi connectivity index (χ0v) is 15.1. The molecule has 3 aromatic rings. The molecule has 2 aromatic carbocycles. The summed E-state index contributed by atoms with van der Waals surface area (Å²) >= 11 is 0. The van der Waals surface area contributed by atoms with E-state index in [2.05, 4.69) is 4.98 Å². The smallest absolute Gasteiger partial charge is 0.408 e. The summed E-state index contributed by atoms with van der Waals surface area (Å²) in [7, 11) is 0. The molecule has 0 spiro atoms. The van der Waals surface area contributed by atoms with E-state index in [-0.39, 0.29) is 17.0 Å². The minimum atomic E-state index is -0.605. The number of aromatic nitrogens is 1. The Labute approximate surface area is 162 Å². The molecule has 4 N–H and O–H groups in total. The SMILES string of the molecule is NC(=O)c1ccc(OC(=O)N(Cc2ccccc2)Cc2cccnc2)c(N)c1. The Balaban J connectivity index is 1.80. The molecule has 142 valence electrons. The first-order valence-electron chi connectivity index (χ1n) is 8.62. The van der Waals surface area contributed by atoms with Crippen LogP contribution < -0.4 is 16.2 Å². The predicted molar refractivity (Wildman–Crippen MR) is 105 cm³/mol. The zero-order valence-electron chi connectivity index (χ0n) is 15.1. The Hall–Kier alpha value is -3.87. The first-order valence-corrected chi connectivity index (χ1v) is 8.62. The van der Waals surface area contributed by atoms with Crippen molar-refractivity contribution in [3.05, 3.63) is 89.7 Å². The highest BCUT2D eigenvalue weighted by atomic mass is 16.6. The van der Waals surface area contributed by atoms with Crippen molar-refractivity contribution in [1.82, 2.24) is 9.88 Å². The molecule has 0 saturated heterocycles. The van der Waals surface area contributed by atoms with Crippen molar-refractivity contribution in [2.45, 2.75) is 13.1 Å². The molecule has 7 heteroatoms. The third kappa shape index (κ3) is 4.85. The van der Waals surface area contributed by atoms with E-state index in [0.717, 1.165) is 11.1 Å². The third-order valence-corrected chi connectivity index (χ3v) is 4.06. The van der Waals surface area contributed by atoms with Gasteiger partial charge in [-0.2, -0.15) is 0 Å². The Morgan fingerprint density at radius 1 is 0.964 bits per heavy atom. The second-order valence-corrected chi connectivity index (χ2v) is 6.19. The normalized spacial score (nSPS) is 10.3. The van der Waals surface area contributed by atoms with E-state index in [4.69, 9.17) is 16.2 Å². The lowest BCUT2D eigenvalue weighted by molar-refractivity contribution is 0.100. The summed E-state index contributed by atoms with van der Waals surface area (Å²) in [4.78, 5) is 29.7. The molecule has 0 atom stereocenters. The van der Waals surface area contributed by atoms with Gasteiger partial charge in [0.15, 0.2) is 5.75 Å². The number of hydrogen-bond acceptors (Lipinski definition) is 5. The molecular formula is C21H20N4O3. The number of primary amides is 1. The van der Waals surface area contributed by atoms with E-state index < -0.39 is 12.0 Å². The van der Waals surface area contributed by atoms with Gasteiger partial charge in [0.05, 0.1) is 12.2 Å². The molecule has 7 nitrogen and oxygen atoms in total. The lowest BCUT2D eigenvalue weighted by atomic mass is 10.2. The van der Waals surface area contributed by atoms with E-state index in [1.54, 1.807) is 17.3 Å². The van der Waals surface area contributed by atoms with Crippen LogP contribution in [0.15, 0.2) is 73.1 Å². The number of hydrogen-bond donors (Lipinski definition) is 2. The second kappa shape index (κ2) is 8.68. The van der Waals surface area contributed by atoms with Gasteiger partial charge >= 0.3 is 6.09 Å². The molecule has 2 amide bonds. The fourth-order valence-corrected chi connectivity index (χ4v) is 2.65. The molecule has 0 unspecified atom stereocenters. The minimum absolute atomic E-state index is 0.158. The Bertz CT molecular complexity index is 920. The standard InChI is InChI=1S/C21H20N4O3/c22-18-11-17(20(23)26)8-9-19(18)28-21(27)25(13-15-5-2-1-3-6-15)14-16-7-4-10-24-12-16/h1-12H,13-14,22H2,(H2,23,26). The Morgan fingerprint density at radius 3 is 2.32 bits per heavy atom. The quantitative estimate of drug-likeness (QED) is 0.643. The highest BCUT2D eigenvalue weighted by Gasteiger charge is 2.19. The van der Waals surface area contributed by atoms with Crippen molar-refractivity contribution < 1.29 is 14.3 Å². The average Bonchev–Trinajstić information content (AvgIpc) is 2.70. The molecule has 0 bridgehead atoms. The van der Waals surface area contributed by atoms with Crippen molar-refractivity contribution in [2.24, 2.45) is 5.73 Å². The van der Waals surface area contributed by atoms with Gasteiger partial charge in [-0.1, -0.05) is 36.4 Å². The number of ether oxygens (including phenoxy) is 1. The molecular weight excluding hydrogens is 356 g/mol. The van der Waals surface area contributed by atoms with E-state index >= 15 is 0 Å². The molecule has 0 saturated carbocycles. The first-order chi connectivity index (χ1) is 13.5. The lowest BCUT2D eigenvalue weighted by Crippen LogP contribution is -2.33. The molecule has 3 rings (SSSR count). The lowest BCUT2D eigenvalue weighted by Gasteiger charge is -2.22. The van der Waals surface area contributed by atoms with E-state index in [1.165, 1.54) is 18.2 Å². The highest BCUT2D eigenvalue weighted by molar-refractivity contribution is 5.94. The first kappa shape index (κ1) is 18.9. The maximum atomic E-state index is 12.8. The zero-order chi connectivity index (χ0) is 19.9. The fourth-order valence-electron chi connectivity index (χ4n) is 2.65. The summed E-state index contributed by atoms with van der Waals surface area (Å²) in [6.07, 6.45) is 2.80. The number of rotatable bonds is 6. The van der Waals surface area contributed by atoms with Crippen LogP contribution in [-0.4, -0.2) is 21.9 Å². The summed E-state index contributed by atoms with van der Waals surface area (Å²) in [6, 6.07) is 17.6. The number of nitrogens with zero attached hydrogens (tertiary/aromatic N) is 2. The summed E-state index contributed by atoms with van der Waals surface area (Å²) in [6.45, 7) is 0.675. The average molecular weight is 376 g/mol. The second-order valence-electron chi connectivity index (χ2n) is 6.19. The van der Waals surface area contributed by atoms with Crippen LogP contribution in [0.1, 0.15) is 21.5 Å². The molecule has 0 fully saturated rings. The van der Waals surface area contributed by atoms with Gasteiger partial charge in [0.2, 0.25) is 5.91 Å². The van der Waals surface area contributed by atoms with Gasteiger partial charge in [-0.25, -0.2) is 4.79 Å². The van der Waals surface area contributed by atoms with E-state index in [9.17, 15) is 9.59 Å². The molecule has 1 heterocycles. The van der Waals surface area contributed by atoms with Crippen LogP contribution in [0.25, 0.3) is 0 Å². The summed E-state index contributed by atoms with van der Waals surface area (Å²) in [5.74, 6) is -0.439. The maximum Gasteiger partial charge on any atom is 0.415 e. The molecule has 28 heavy (non-hydrogen) atoms. The van der Waals surface area contributed by atoms with Crippen molar-refractivity contribution in [2.75, 3.05) is 5.73 Å². The van der Waals surface area contributed by atoms with E-state index in [0.29, 0.717) is 13.1 Å². The van der Waals surface area contributed by atoms with Gasteiger partial charge < -0.3 is 16.2 Å². The maximum absolute atomic E-state index is 12.8. The number of pyridine rings is 1. The molecule has 0 aliphatic carbocycles. The largest absolute Gasteiger partial charge is 0.415 e. The number of carbonyl (C=O) groups excluding carboxylic acids is 2. The van der Waals surface area contributed by atoms with Gasteiger partial charge in [0, 0.05) is 24.5 Å². The van der Waals surface area contributed by atoms with Crippen LogP contribution in [-0.2, 0) is 13.1 Å². The number of anilines is 1. The number of nitrogens with two attached hydrogens (primary N) is 2. The Kier molecular flexibility index (Phi) is 5.86. The van der Waals surface area contributed by atoms with Crippen LogP contribution in [0.3, 0.4) is 0 Å². The number of carbonyl (C=O) groups is 2. The molecule has 0 aliphatic heterocycles. The van der Waals surface area contributed by atoms with Crippen molar-refractivity contribution in [3.63, 3.8) is 0 Å². The molecule has 0 aliphatic rings. The fraction of sp³-hybridized carbons (Fsp3) is 0.0952. The van der Waals surface area contributed by atoms with Crippen molar-refractivity contribution in [1.29, 1.82) is 0 Å². The van der Waals surface area contributed by atoms with Crippen molar-refractivity contribution in [3.8, 4) is 5.75 Å².